The van der Waals surface area contributed by atoms with Crippen LogP contribution in [0, 0.1) is 0 Å². The van der Waals surface area contributed by atoms with E-state index in [0.29, 0.717) is 11.6 Å². The van der Waals surface area contributed by atoms with Gasteiger partial charge in [0.2, 0.25) is 0 Å². The molecule has 96 valence electrons. The number of nitrogens with zero attached hydrogens (tertiary/aromatic N) is 2. The molecule has 6 nitrogen and oxygen atoms in total. The van der Waals surface area contributed by atoms with E-state index in [1.165, 1.54) is 0 Å². The van der Waals surface area contributed by atoms with Crippen LogP contribution in [0.15, 0.2) is 6.20 Å². The van der Waals surface area contributed by atoms with Crippen molar-refractivity contribution in [3.8, 4) is 0 Å². The Hall–Kier alpha value is -1.56. The van der Waals surface area contributed by atoms with Gasteiger partial charge in [-0.2, -0.15) is 0 Å². The fraction of sp³-hybridized carbons (Fsp3) is 0.636. The summed E-state index contributed by atoms with van der Waals surface area (Å²) in [6.07, 6.45) is 0.369. The van der Waals surface area contributed by atoms with Crippen molar-refractivity contribution in [2.24, 2.45) is 7.05 Å². The summed E-state index contributed by atoms with van der Waals surface area (Å²) in [5.74, 6) is 0.841. The second-order valence-corrected chi connectivity index (χ2v) is 4.90. The molecule has 0 aliphatic rings. The van der Waals surface area contributed by atoms with E-state index in [1.807, 2.05) is 0 Å². The van der Waals surface area contributed by atoms with E-state index in [0.717, 1.165) is 0 Å². The minimum Gasteiger partial charge on any atom is -0.444 e. The molecule has 0 aliphatic carbocycles. The first-order valence-corrected chi connectivity index (χ1v) is 5.40. The summed E-state index contributed by atoms with van der Waals surface area (Å²) in [6.45, 7) is 6.96. The number of anilines is 1. The Balaban J connectivity index is 2.70. The third-order valence-corrected chi connectivity index (χ3v) is 1.91. The molecule has 0 saturated carbocycles. The van der Waals surface area contributed by atoms with Crippen molar-refractivity contribution in [2.75, 3.05) is 5.32 Å². The summed E-state index contributed by atoms with van der Waals surface area (Å²) in [7, 11) is 1.75. The average molecular weight is 241 g/mol. The van der Waals surface area contributed by atoms with E-state index >= 15 is 0 Å². The number of aryl methyl sites for hydroxylation is 1. The van der Waals surface area contributed by atoms with Gasteiger partial charge < -0.3 is 14.4 Å². The molecule has 0 spiro atoms. The zero-order valence-corrected chi connectivity index (χ0v) is 10.8. The van der Waals surface area contributed by atoms with E-state index in [1.54, 1.807) is 45.5 Å². The smallest absolute Gasteiger partial charge is 0.413 e. The number of hydrogen-bond donors (Lipinski definition) is 2. The molecule has 1 rings (SSSR count). The first-order chi connectivity index (χ1) is 7.69. The first-order valence-electron chi connectivity index (χ1n) is 5.40. The summed E-state index contributed by atoms with van der Waals surface area (Å²) < 4.78 is 6.74. The molecule has 1 atom stereocenters. The highest BCUT2D eigenvalue weighted by atomic mass is 16.6. The van der Waals surface area contributed by atoms with E-state index in [4.69, 9.17) is 4.74 Å². The zero-order chi connectivity index (χ0) is 13.2. The first kappa shape index (κ1) is 13.5. The van der Waals surface area contributed by atoms with Crippen LogP contribution in [-0.2, 0) is 11.8 Å². The molecule has 1 aromatic rings. The molecule has 1 amide bonds. The van der Waals surface area contributed by atoms with Gasteiger partial charge in [0, 0.05) is 13.2 Å². The molecule has 0 saturated heterocycles. The second kappa shape index (κ2) is 4.75. The molecule has 17 heavy (non-hydrogen) atoms. The average Bonchev–Trinajstić information content (AvgIpc) is 2.42. The lowest BCUT2D eigenvalue weighted by Crippen LogP contribution is -2.27. The summed E-state index contributed by atoms with van der Waals surface area (Å²) in [5.41, 5.74) is -0.550. The van der Waals surface area contributed by atoms with Gasteiger partial charge in [0.05, 0.1) is 0 Å². The Morgan fingerprint density at radius 3 is 2.59 bits per heavy atom. The van der Waals surface area contributed by atoms with Gasteiger partial charge in [-0.15, -0.1) is 0 Å². The summed E-state index contributed by atoms with van der Waals surface area (Å²) in [5, 5.41) is 11.9. The molecule has 1 unspecified atom stereocenters. The van der Waals surface area contributed by atoms with Gasteiger partial charge >= 0.3 is 6.09 Å². The lowest BCUT2D eigenvalue weighted by molar-refractivity contribution is 0.0635. The number of aliphatic hydroxyl groups is 1. The molecule has 0 bridgehead atoms. The molecule has 6 heteroatoms. The number of amides is 1. The van der Waals surface area contributed by atoms with E-state index in [-0.39, 0.29) is 0 Å². The zero-order valence-electron chi connectivity index (χ0n) is 10.8. The number of nitrogens with one attached hydrogen (secondary N) is 1. The summed E-state index contributed by atoms with van der Waals surface area (Å²) >= 11 is 0. The van der Waals surface area contributed by atoms with Crippen LogP contribution in [0.25, 0.3) is 0 Å². The quantitative estimate of drug-likeness (QED) is 0.828. The third kappa shape index (κ3) is 4.07. The predicted octanol–water partition coefficient (Wildman–Crippen LogP) is 1.82. The monoisotopic (exact) mass is 241 g/mol. The lowest BCUT2D eigenvalue weighted by atomic mass is 10.2. The molecule has 0 aromatic carbocycles. The number of rotatable bonds is 2. The van der Waals surface area contributed by atoms with Gasteiger partial charge in [0.25, 0.3) is 0 Å². The maximum Gasteiger partial charge on any atom is 0.413 e. The minimum atomic E-state index is -0.686. The van der Waals surface area contributed by atoms with Crippen molar-refractivity contribution >= 4 is 11.9 Å². The van der Waals surface area contributed by atoms with Gasteiger partial charge in [0.1, 0.15) is 17.5 Å². The number of imidazole rings is 1. The van der Waals surface area contributed by atoms with E-state index < -0.39 is 17.8 Å². The second-order valence-electron chi connectivity index (χ2n) is 4.90. The largest absolute Gasteiger partial charge is 0.444 e. The van der Waals surface area contributed by atoms with Crippen LogP contribution in [-0.4, -0.2) is 26.4 Å². The number of carbonyl (C=O) groups is 1. The number of hydrogen-bond acceptors (Lipinski definition) is 4. The molecule has 1 heterocycles. The number of ether oxygens (including phenoxy) is 1. The Morgan fingerprint density at radius 1 is 1.59 bits per heavy atom. The van der Waals surface area contributed by atoms with Crippen LogP contribution in [0.1, 0.15) is 39.6 Å². The molecule has 2 N–H and O–H groups in total. The minimum absolute atomic E-state index is 0.359. The van der Waals surface area contributed by atoms with Gasteiger partial charge in [-0.05, 0) is 27.7 Å². The Kier molecular flexibility index (Phi) is 3.77. The van der Waals surface area contributed by atoms with Crippen LogP contribution in [0.5, 0.6) is 0 Å². The Labute approximate surface area is 101 Å². The molecular weight excluding hydrogens is 222 g/mol. The highest BCUT2D eigenvalue weighted by molar-refractivity contribution is 5.83. The fourth-order valence-electron chi connectivity index (χ4n) is 1.34. The molecular formula is C11H19N3O3. The van der Waals surface area contributed by atoms with E-state index in [2.05, 4.69) is 10.3 Å². The van der Waals surface area contributed by atoms with Crippen molar-refractivity contribution in [1.29, 1.82) is 0 Å². The number of carbonyl (C=O) groups excluding carboxylic acids is 1. The Bertz CT molecular complexity index is 405. The topological polar surface area (TPSA) is 76.4 Å². The van der Waals surface area contributed by atoms with Gasteiger partial charge in [0.15, 0.2) is 5.82 Å². The van der Waals surface area contributed by atoms with Crippen molar-refractivity contribution in [3.05, 3.63) is 12.0 Å². The highest BCUT2D eigenvalue weighted by Gasteiger charge is 2.18. The van der Waals surface area contributed by atoms with Crippen LogP contribution in [0.2, 0.25) is 0 Å². The van der Waals surface area contributed by atoms with Crippen LogP contribution < -0.4 is 5.32 Å². The predicted molar refractivity (Wildman–Crippen MR) is 63.7 cm³/mol. The van der Waals surface area contributed by atoms with Crippen molar-refractivity contribution in [1.82, 2.24) is 9.55 Å². The normalized spacial score (nSPS) is 13.3. The van der Waals surface area contributed by atoms with Crippen molar-refractivity contribution < 1.29 is 14.6 Å². The van der Waals surface area contributed by atoms with Crippen molar-refractivity contribution in [2.45, 2.75) is 39.4 Å². The van der Waals surface area contributed by atoms with Gasteiger partial charge in [-0.25, -0.2) is 9.78 Å². The summed E-state index contributed by atoms with van der Waals surface area (Å²) in [6, 6.07) is 0. The number of aliphatic hydroxyl groups excluding tert-OH is 1. The molecule has 0 aliphatic heterocycles. The fourth-order valence-corrected chi connectivity index (χ4v) is 1.34. The lowest BCUT2D eigenvalue weighted by Gasteiger charge is -2.19. The van der Waals surface area contributed by atoms with Crippen LogP contribution in [0.3, 0.4) is 0 Å². The van der Waals surface area contributed by atoms with Crippen LogP contribution in [0.4, 0.5) is 10.6 Å². The SMILES string of the molecule is CC(O)c1nc(NC(=O)OC(C)(C)C)cn1C. The summed E-state index contributed by atoms with van der Waals surface area (Å²) in [4.78, 5) is 15.6. The Morgan fingerprint density at radius 2 is 2.18 bits per heavy atom. The highest BCUT2D eigenvalue weighted by Crippen LogP contribution is 2.15. The molecule has 0 fully saturated rings. The van der Waals surface area contributed by atoms with Gasteiger partial charge in [-0.1, -0.05) is 0 Å². The maximum absolute atomic E-state index is 11.5. The third-order valence-electron chi connectivity index (χ3n) is 1.91. The number of aromatic nitrogens is 2. The standard InChI is InChI=1S/C11H19N3O3/c1-7(15)9-12-8(6-14(9)5)13-10(16)17-11(2,3)4/h6-7,15H,1-5H3,(H,13,16). The van der Waals surface area contributed by atoms with Crippen molar-refractivity contribution in [3.63, 3.8) is 0 Å². The van der Waals surface area contributed by atoms with Gasteiger partial charge in [-0.3, -0.25) is 5.32 Å². The molecule has 0 radical (unpaired) electrons. The van der Waals surface area contributed by atoms with E-state index in [9.17, 15) is 9.90 Å². The van der Waals surface area contributed by atoms with Crippen LogP contribution >= 0.6 is 0 Å². The maximum atomic E-state index is 11.5. The molecule has 1 aromatic heterocycles.